The van der Waals surface area contributed by atoms with Crippen LogP contribution in [0.1, 0.15) is 25.0 Å². The van der Waals surface area contributed by atoms with Gasteiger partial charge < -0.3 is 4.74 Å². The van der Waals surface area contributed by atoms with Crippen LogP contribution in [-0.4, -0.2) is 11.9 Å². The van der Waals surface area contributed by atoms with Crippen molar-refractivity contribution in [1.82, 2.24) is 0 Å². The molecule has 1 aromatic rings. The molecular formula is C13H15ClO2. The zero-order valence-corrected chi connectivity index (χ0v) is 10.5. The van der Waals surface area contributed by atoms with Gasteiger partial charge in [0.25, 0.3) is 0 Å². The van der Waals surface area contributed by atoms with E-state index in [-0.39, 0.29) is 17.8 Å². The van der Waals surface area contributed by atoms with Gasteiger partial charge in [-0.15, -0.1) is 0 Å². The van der Waals surface area contributed by atoms with Gasteiger partial charge in [0, 0.05) is 22.9 Å². The summed E-state index contributed by atoms with van der Waals surface area (Å²) in [5.41, 5.74) is 2.05. The molecule has 1 aliphatic rings. The molecule has 0 N–H and O–H groups in total. The maximum atomic E-state index is 11.9. The number of carbonyl (C=O) groups excluding carboxylic acids is 1. The van der Waals surface area contributed by atoms with E-state index in [4.69, 9.17) is 16.3 Å². The fraction of sp³-hybridized carbons (Fsp3) is 0.462. The Morgan fingerprint density at radius 3 is 2.81 bits per heavy atom. The first-order valence-corrected chi connectivity index (χ1v) is 5.86. The average Bonchev–Trinajstić information content (AvgIpc) is 2.60. The van der Waals surface area contributed by atoms with Gasteiger partial charge >= 0.3 is 0 Å². The summed E-state index contributed by atoms with van der Waals surface area (Å²) in [5, 5.41) is 0.706. The van der Waals surface area contributed by atoms with E-state index in [1.165, 1.54) is 0 Å². The van der Waals surface area contributed by atoms with Crippen molar-refractivity contribution in [2.24, 2.45) is 5.92 Å². The van der Waals surface area contributed by atoms with Crippen LogP contribution in [0.15, 0.2) is 12.1 Å². The molecule has 2 rings (SSSR count). The summed E-state index contributed by atoms with van der Waals surface area (Å²) in [7, 11) is 0. The summed E-state index contributed by atoms with van der Waals surface area (Å²) < 4.78 is 5.71. The monoisotopic (exact) mass is 238 g/mol. The minimum atomic E-state index is -0.327. The van der Waals surface area contributed by atoms with E-state index in [2.05, 4.69) is 0 Å². The molecule has 0 fully saturated rings. The average molecular weight is 239 g/mol. The molecule has 16 heavy (non-hydrogen) atoms. The number of aryl methyl sites for hydroxylation is 1. The lowest BCUT2D eigenvalue weighted by atomic mass is 9.99. The summed E-state index contributed by atoms with van der Waals surface area (Å²) >= 11 is 5.98. The largest absolute Gasteiger partial charge is 0.482 e. The topological polar surface area (TPSA) is 26.3 Å². The number of hydrogen-bond acceptors (Lipinski definition) is 2. The molecule has 3 heteroatoms. The Bertz CT molecular complexity index is 438. The van der Waals surface area contributed by atoms with E-state index < -0.39 is 0 Å². The Labute approximate surface area is 101 Å². The summed E-state index contributed by atoms with van der Waals surface area (Å²) in [6, 6.07) is 3.75. The first-order chi connectivity index (χ1) is 7.49. The number of rotatable bonds is 2. The molecule has 86 valence electrons. The van der Waals surface area contributed by atoms with E-state index >= 15 is 0 Å². The van der Waals surface area contributed by atoms with Crippen molar-refractivity contribution in [3.05, 3.63) is 28.3 Å². The Balaban J connectivity index is 2.28. The third-order valence-corrected chi connectivity index (χ3v) is 3.09. The molecule has 1 aliphatic heterocycles. The number of benzene rings is 1. The van der Waals surface area contributed by atoms with Gasteiger partial charge in [0.2, 0.25) is 0 Å². The fourth-order valence-electron chi connectivity index (χ4n) is 2.03. The first-order valence-electron chi connectivity index (χ1n) is 5.48. The number of fused-ring (bicyclic) bond motifs is 1. The van der Waals surface area contributed by atoms with Crippen LogP contribution < -0.4 is 4.74 Å². The molecular weight excluding hydrogens is 224 g/mol. The Morgan fingerprint density at radius 2 is 2.19 bits per heavy atom. The van der Waals surface area contributed by atoms with Crippen molar-refractivity contribution in [3.8, 4) is 5.75 Å². The van der Waals surface area contributed by atoms with Crippen molar-refractivity contribution >= 4 is 17.4 Å². The predicted octanol–water partition coefficient (Wildman–Crippen LogP) is 3.18. The smallest absolute Gasteiger partial charge is 0.176 e. The van der Waals surface area contributed by atoms with Crippen molar-refractivity contribution in [2.75, 3.05) is 0 Å². The van der Waals surface area contributed by atoms with Gasteiger partial charge in [0.1, 0.15) is 5.75 Å². The lowest BCUT2D eigenvalue weighted by Gasteiger charge is -2.12. The van der Waals surface area contributed by atoms with Crippen LogP contribution in [0.2, 0.25) is 5.02 Å². The Morgan fingerprint density at radius 1 is 1.50 bits per heavy atom. The number of carbonyl (C=O) groups is 1. The van der Waals surface area contributed by atoms with Crippen LogP contribution in [0.25, 0.3) is 0 Å². The van der Waals surface area contributed by atoms with Gasteiger partial charge in [0.05, 0.1) is 0 Å². The van der Waals surface area contributed by atoms with Crippen LogP contribution >= 0.6 is 11.6 Å². The van der Waals surface area contributed by atoms with E-state index in [9.17, 15) is 4.79 Å². The number of hydrogen-bond donors (Lipinski definition) is 0. The quantitative estimate of drug-likeness (QED) is 0.791. The van der Waals surface area contributed by atoms with Gasteiger partial charge in [-0.2, -0.15) is 0 Å². The Hall–Kier alpha value is -1.02. The van der Waals surface area contributed by atoms with Crippen LogP contribution in [-0.2, 0) is 11.2 Å². The number of ether oxygens (including phenoxy) is 1. The highest BCUT2D eigenvalue weighted by atomic mass is 35.5. The van der Waals surface area contributed by atoms with E-state index in [0.717, 1.165) is 16.9 Å². The maximum Gasteiger partial charge on any atom is 0.176 e. The van der Waals surface area contributed by atoms with Crippen LogP contribution in [0.5, 0.6) is 5.75 Å². The summed E-state index contributed by atoms with van der Waals surface area (Å²) in [6.45, 7) is 5.75. The minimum absolute atomic E-state index is 0.00934. The molecule has 0 amide bonds. The third-order valence-electron chi connectivity index (χ3n) is 2.87. The maximum absolute atomic E-state index is 11.9. The zero-order valence-electron chi connectivity index (χ0n) is 9.71. The minimum Gasteiger partial charge on any atom is -0.482 e. The molecule has 0 saturated heterocycles. The standard InChI is InChI=1S/C13H15ClO2/c1-7(2)12(15)11-6-9-5-10(14)4-8(3)13(9)16-11/h4-5,7,11H,6H2,1-3H3. The van der Waals surface area contributed by atoms with E-state index in [0.29, 0.717) is 11.4 Å². The molecule has 0 radical (unpaired) electrons. The van der Waals surface area contributed by atoms with Crippen LogP contribution in [0, 0.1) is 12.8 Å². The predicted molar refractivity (Wildman–Crippen MR) is 64.2 cm³/mol. The van der Waals surface area contributed by atoms with E-state index in [1.807, 2.05) is 32.9 Å². The molecule has 0 aromatic heterocycles. The molecule has 0 bridgehead atoms. The highest BCUT2D eigenvalue weighted by molar-refractivity contribution is 6.30. The molecule has 1 atom stereocenters. The second-order valence-electron chi connectivity index (χ2n) is 4.58. The molecule has 1 unspecified atom stereocenters. The van der Waals surface area contributed by atoms with Crippen molar-refractivity contribution < 1.29 is 9.53 Å². The summed E-state index contributed by atoms with van der Waals surface area (Å²) in [6.07, 6.45) is 0.320. The normalized spacial score (nSPS) is 18.4. The zero-order chi connectivity index (χ0) is 11.9. The third kappa shape index (κ3) is 1.94. The second kappa shape index (κ2) is 4.10. The highest BCUT2D eigenvalue weighted by Gasteiger charge is 2.31. The molecule has 2 nitrogen and oxygen atoms in total. The lowest BCUT2D eigenvalue weighted by Crippen LogP contribution is -2.29. The molecule has 1 heterocycles. The number of ketones is 1. The van der Waals surface area contributed by atoms with Gasteiger partial charge in [-0.25, -0.2) is 0 Å². The SMILES string of the molecule is Cc1cc(Cl)cc2c1OC(C(=O)C(C)C)C2. The van der Waals surface area contributed by atoms with Crippen LogP contribution in [0.3, 0.4) is 0 Å². The van der Waals surface area contributed by atoms with Crippen molar-refractivity contribution in [2.45, 2.75) is 33.3 Å². The van der Waals surface area contributed by atoms with Gasteiger partial charge in [-0.3, -0.25) is 4.79 Å². The number of Topliss-reactive ketones (excluding diaryl/α,β-unsaturated/α-hetero) is 1. The van der Waals surface area contributed by atoms with E-state index in [1.54, 1.807) is 0 Å². The fourth-order valence-corrected chi connectivity index (χ4v) is 2.33. The summed E-state index contributed by atoms with van der Waals surface area (Å²) in [5.74, 6) is 1.00. The molecule has 0 saturated carbocycles. The van der Waals surface area contributed by atoms with Crippen molar-refractivity contribution in [3.63, 3.8) is 0 Å². The van der Waals surface area contributed by atoms with Crippen LogP contribution in [0.4, 0.5) is 0 Å². The summed E-state index contributed by atoms with van der Waals surface area (Å²) in [4.78, 5) is 11.9. The lowest BCUT2D eigenvalue weighted by molar-refractivity contribution is -0.128. The molecule has 0 aliphatic carbocycles. The van der Waals surface area contributed by atoms with Crippen molar-refractivity contribution in [1.29, 1.82) is 0 Å². The highest BCUT2D eigenvalue weighted by Crippen LogP contribution is 2.35. The first kappa shape index (κ1) is 11.5. The van der Waals surface area contributed by atoms with Gasteiger partial charge in [-0.05, 0) is 24.6 Å². The Kier molecular flexibility index (Phi) is 2.94. The molecule has 1 aromatic carbocycles. The number of halogens is 1. The molecule has 0 spiro atoms. The second-order valence-corrected chi connectivity index (χ2v) is 5.02. The van der Waals surface area contributed by atoms with Gasteiger partial charge in [0.15, 0.2) is 11.9 Å². The van der Waals surface area contributed by atoms with Gasteiger partial charge in [-0.1, -0.05) is 25.4 Å².